The summed E-state index contributed by atoms with van der Waals surface area (Å²) in [6.45, 7) is 0. The predicted molar refractivity (Wildman–Crippen MR) is 69.3 cm³/mol. The standard InChI is InChI=1S/C11H9ClN4O3/c1-15-6-8(5-13-15)14-11(17)7-2-3-10(16(18)19)9(12)4-7/h2-6H,1H3,(H,14,17). The zero-order valence-corrected chi connectivity index (χ0v) is 10.6. The molecule has 1 amide bonds. The van der Waals surface area contributed by atoms with Gasteiger partial charge in [0, 0.05) is 24.9 Å². The normalized spacial score (nSPS) is 10.2. The fourth-order valence-corrected chi connectivity index (χ4v) is 1.73. The van der Waals surface area contributed by atoms with Gasteiger partial charge >= 0.3 is 0 Å². The molecule has 0 aliphatic carbocycles. The van der Waals surface area contributed by atoms with Crippen LogP contribution in [-0.4, -0.2) is 20.6 Å². The Kier molecular flexibility index (Phi) is 3.48. The summed E-state index contributed by atoms with van der Waals surface area (Å²) >= 11 is 5.74. The molecule has 0 spiro atoms. The average molecular weight is 281 g/mol. The van der Waals surface area contributed by atoms with Gasteiger partial charge in [0.25, 0.3) is 11.6 Å². The third-order valence-corrected chi connectivity index (χ3v) is 2.67. The van der Waals surface area contributed by atoms with E-state index < -0.39 is 10.8 Å². The van der Waals surface area contributed by atoms with Crippen molar-refractivity contribution in [3.8, 4) is 0 Å². The second-order valence-electron chi connectivity index (χ2n) is 3.78. The van der Waals surface area contributed by atoms with Gasteiger partial charge in [-0.2, -0.15) is 5.10 Å². The molecule has 2 aromatic rings. The van der Waals surface area contributed by atoms with E-state index in [1.54, 1.807) is 17.9 Å². The van der Waals surface area contributed by atoms with Crippen molar-refractivity contribution >= 4 is 28.9 Å². The number of hydrogen-bond acceptors (Lipinski definition) is 4. The Balaban J connectivity index is 2.20. The van der Waals surface area contributed by atoms with Crippen LogP contribution in [0.5, 0.6) is 0 Å². The third-order valence-electron chi connectivity index (χ3n) is 2.37. The number of hydrogen-bond donors (Lipinski definition) is 1. The summed E-state index contributed by atoms with van der Waals surface area (Å²) in [5.74, 6) is -0.412. The van der Waals surface area contributed by atoms with Gasteiger partial charge < -0.3 is 5.32 Å². The van der Waals surface area contributed by atoms with E-state index in [-0.39, 0.29) is 16.3 Å². The number of nitro groups is 1. The zero-order valence-electron chi connectivity index (χ0n) is 9.83. The van der Waals surface area contributed by atoms with E-state index >= 15 is 0 Å². The highest BCUT2D eigenvalue weighted by Gasteiger charge is 2.15. The molecule has 0 saturated heterocycles. The van der Waals surface area contributed by atoms with Crippen molar-refractivity contribution < 1.29 is 9.72 Å². The molecular weight excluding hydrogens is 272 g/mol. The molecule has 98 valence electrons. The quantitative estimate of drug-likeness (QED) is 0.689. The van der Waals surface area contributed by atoms with Crippen LogP contribution in [0.1, 0.15) is 10.4 Å². The van der Waals surface area contributed by atoms with Crippen molar-refractivity contribution in [1.29, 1.82) is 0 Å². The SMILES string of the molecule is Cn1cc(NC(=O)c2ccc([N+](=O)[O-])c(Cl)c2)cn1. The lowest BCUT2D eigenvalue weighted by Gasteiger charge is -2.03. The molecule has 7 nitrogen and oxygen atoms in total. The highest BCUT2D eigenvalue weighted by molar-refractivity contribution is 6.33. The number of nitrogens with zero attached hydrogens (tertiary/aromatic N) is 3. The minimum Gasteiger partial charge on any atom is -0.319 e. The topological polar surface area (TPSA) is 90.1 Å². The monoisotopic (exact) mass is 280 g/mol. The van der Waals surface area contributed by atoms with Gasteiger partial charge in [-0.15, -0.1) is 0 Å². The number of anilines is 1. The number of halogens is 1. The van der Waals surface area contributed by atoms with Gasteiger partial charge in [-0.1, -0.05) is 11.6 Å². The van der Waals surface area contributed by atoms with Gasteiger partial charge in [0.1, 0.15) is 5.02 Å². The summed E-state index contributed by atoms with van der Waals surface area (Å²) in [6, 6.07) is 3.79. The van der Waals surface area contributed by atoms with Crippen LogP contribution in [-0.2, 0) is 7.05 Å². The summed E-state index contributed by atoms with van der Waals surface area (Å²) in [7, 11) is 1.72. The second-order valence-corrected chi connectivity index (χ2v) is 4.19. The van der Waals surface area contributed by atoms with Gasteiger partial charge in [-0.05, 0) is 12.1 Å². The van der Waals surface area contributed by atoms with E-state index in [1.807, 2.05) is 0 Å². The van der Waals surface area contributed by atoms with E-state index in [2.05, 4.69) is 10.4 Å². The minimum absolute atomic E-state index is 0.0798. The van der Waals surface area contributed by atoms with Crippen molar-refractivity contribution in [2.75, 3.05) is 5.32 Å². The molecule has 1 heterocycles. The Morgan fingerprint density at radius 3 is 2.79 bits per heavy atom. The smallest absolute Gasteiger partial charge is 0.287 e. The lowest BCUT2D eigenvalue weighted by Crippen LogP contribution is -2.11. The molecule has 0 saturated carbocycles. The number of rotatable bonds is 3. The fraction of sp³-hybridized carbons (Fsp3) is 0.0909. The maximum Gasteiger partial charge on any atom is 0.287 e. The summed E-state index contributed by atoms with van der Waals surface area (Å²) in [5, 5.41) is 17.0. The van der Waals surface area contributed by atoms with E-state index in [9.17, 15) is 14.9 Å². The van der Waals surface area contributed by atoms with Crippen LogP contribution in [0.25, 0.3) is 0 Å². The number of carbonyl (C=O) groups is 1. The van der Waals surface area contributed by atoms with Crippen LogP contribution in [0.2, 0.25) is 5.02 Å². The number of carbonyl (C=O) groups excluding carboxylic acids is 1. The van der Waals surface area contributed by atoms with Gasteiger partial charge in [0.05, 0.1) is 16.8 Å². The largest absolute Gasteiger partial charge is 0.319 e. The molecule has 1 aromatic carbocycles. The van der Waals surface area contributed by atoms with Gasteiger partial charge in [0.15, 0.2) is 0 Å². The van der Waals surface area contributed by atoms with E-state index in [0.29, 0.717) is 5.69 Å². The first-order chi connectivity index (χ1) is 8.97. The molecule has 0 unspecified atom stereocenters. The van der Waals surface area contributed by atoms with Gasteiger partial charge in [-0.25, -0.2) is 0 Å². The summed E-state index contributed by atoms with van der Waals surface area (Å²) in [4.78, 5) is 21.9. The van der Waals surface area contributed by atoms with E-state index in [4.69, 9.17) is 11.6 Å². The highest BCUT2D eigenvalue weighted by atomic mass is 35.5. The molecule has 0 aliphatic rings. The van der Waals surface area contributed by atoms with Crippen molar-refractivity contribution in [2.45, 2.75) is 0 Å². The second kappa shape index (κ2) is 5.07. The minimum atomic E-state index is -0.606. The third kappa shape index (κ3) is 2.89. The molecule has 1 aromatic heterocycles. The van der Waals surface area contributed by atoms with Gasteiger partial charge in [-0.3, -0.25) is 19.6 Å². The number of amides is 1. The first kappa shape index (κ1) is 13.0. The number of nitrogens with one attached hydrogen (secondary N) is 1. The lowest BCUT2D eigenvalue weighted by molar-refractivity contribution is -0.384. The fourth-order valence-electron chi connectivity index (χ4n) is 1.49. The van der Waals surface area contributed by atoms with Gasteiger partial charge in [0.2, 0.25) is 0 Å². The zero-order chi connectivity index (χ0) is 14.0. The molecule has 2 rings (SSSR count). The Morgan fingerprint density at radius 2 is 2.26 bits per heavy atom. The van der Waals surface area contributed by atoms with Crippen LogP contribution in [0.3, 0.4) is 0 Å². The molecule has 19 heavy (non-hydrogen) atoms. The van der Waals surface area contributed by atoms with Crippen LogP contribution in [0.15, 0.2) is 30.6 Å². The van der Waals surface area contributed by atoms with Crippen molar-refractivity contribution in [3.05, 3.63) is 51.3 Å². The molecule has 1 N–H and O–H groups in total. The van der Waals surface area contributed by atoms with Crippen molar-refractivity contribution in [2.24, 2.45) is 7.05 Å². The number of aromatic nitrogens is 2. The first-order valence-electron chi connectivity index (χ1n) is 5.21. The summed E-state index contributed by atoms with van der Waals surface area (Å²) < 4.78 is 1.54. The van der Waals surface area contributed by atoms with Crippen LogP contribution < -0.4 is 5.32 Å². The Hall–Kier alpha value is -2.41. The molecule has 0 radical (unpaired) electrons. The predicted octanol–water partition coefficient (Wildman–Crippen LogP) is 2.23. The highest BCUT2D eigenvalue weighted by Crippen LogP contribution is 2.25. The molecule has 0 bridgehead atoms. The van der Waals surface area contributed by atoms with E-state index in [1.165, 1.54) is 24.4 Å². The number of benzene rings is 1. The van der Waals surface area contributed by atoms with Crippen LogP contribution >= 0.6 is 11.6 Å². The maximum atomic E-state index is 11.9. The van der Waals surface area contributed by atoms with Crippen LogP contribution in [0, 0.1) is 10.1 Å². The maximum absolute atomic E-state index is 11.9. The average Bonchev–Trinajstić information content (AvgIpc) is 2.74. The Labute approximate surface area is 112 Å². The molecular formula is C11H9ClN4O3. The molecule has 0 aliphatic heterocycles. The Morgan fingerprint density at radius 1 is 1.53 bits per heavy atom. The van der Waals surface area contributed by atoms with Crippen molar-refractivity contribution in [1.82, 2.24) is 9.78 Å². The summed E-state index contributed by atoms with van der Waals surface area (Å²) in [6.07, 6.45) is 3.12. The van der Waals surface area contributed by atoms with Crippen molar-refractivity contribution in [3.63, 3.8) is 0 Å². The molecule has 0 fully saturated rings. The molecule has 0 atom stereocenters. The lowest BCUT2D eigenvalue weighted by atomic mass is 10.2. The number of aryl methyl sites for hydroxylation is 1. The Bertz CT molecular complexity index is 653. The van der Waals surface area contributed by atoms with E-state index in [0.717, 1.165) is 0 Å². The first-order valence-corrected chi connectivity index (χ1v) is 5.59. The molecule has 8 heteroatoms. The van der Waals surface area contributed by atoms with Crippen LogP contribution in [0.4, 0.5) is 11.4 Å². The summed E-state index contributed by atoms with van der Waals surface area (Å²) in [5.41, 5.74) is 0.529. The number of nitro benzene ring substituents is 1.